The van der Waals surface area contributed by atoms with Crippen LogP contribution in [0.25, 0.3) is 32.7 Å². The van der Waals surface area contributed by atoms with Crippen LogP contribution in [0.5, 0.6) is 5.75 Å². The van der Waals surface area contributed by atoms with E-state index in [9.17, 15) is 4.79 Å². The van der Waals surface area contributed by atoms with E-state index < -0.39 is 0 Å². The normalized spacial score (nSPS) is 11.6. The summed E-state index contributed by atoms with van der Waals surface area (Å²) < 4.78 is 8.93. The molecule has 0 spiro atoms. The van der Waals surface area contributed by atoms with Crippen LogP contribution >= 0.6 is 0 Å². The Morgan fingerprint density at radius 1 is 1.20 bits per heavy atom. The molecule has 2 aromatic heterocycles. The van der Waals surface area contributed by atoms with Crippen LogP contribution < -0.4 is 16.0 Å². The van der Waals surface area contributed by atoms with Gasteiger partial charge in [0.25, 0.3) is 5.56 Å². The molecular weight excluding hydrogens is 316 g/mol. The van der Waals surface area contributed by atoms with Crippen molar-refractivity contribution in [2.45, 2.75) is 13.0 Å². The van der Waals surface area contributed by atoms with Gasteiger partial charge in [-0.3, -0.25) is 4.79 Å². The Bertz CT molecular complexity index is 1160. The summed E-state index contributed by atoms with van der Waals surface area (Å²) in [5.74, 6) is 0.806. The number of rotatable bonds is 4. The van der Waals surface area contributed by atoms with E-state index in [-0.39, 0.29) is 5.56 Å². The number of benzene rings is 2. The number of aryl methyl sites for hydroxylation is 2. The van der Waals surface area contributed by atoms with Crippen LogP contribution in [0.2, 0.25) is 0 Å². The second-order valence-electron chi connectivity index (χ2n) is 6.23. The molecule has 6 nitrogen and oxygen atoms in total. The van der Waals surface area contributed by atoms with E-state index in [0.717, 1.165) is 39.4 Å². The van der Waals surface area contributed by atoms with E-state index in [1.807, 2.05) is 29.8 Å². The van der Waals surface area contributed by atoms with Crippen molar-refractivity contribution in [2.75, 3.05) is 13.7 Å². The van der Waals surface area contributed by atoms with E-state index in [1.165, 1.54) is 0 Å². The quantitative estimate of drug-likeness (QED) is 0.581. The van der Waals surface area contributed by atoms with Gasteiger partial charge in [-0.05, 0) is 48.0 Å². The standard InChI is InChI=1S/C19H20N4O2/c1-22-11-21-17-15-9-13-8-14(25-2)5-4-12(13)10-16(15)23(7-3-6-20)19(24)18(17)22/h4-5,8-11H,3,6-7,20H2,1-2H3. The Labute approximate surface area is 144 Å². The molecule has 4 aromatic rings. The molecule has 0 aliphatic rings. The molecule has 0 saturated carbocycles. The zero-order valence-corrected chi connectivity index (χ0v) is 14.3. The molecule has 4 rings (SSSR count). The summed E-state index contributed by atoms with van der Waals surface area (Å²) in [4.78, 5) is 17.5. The minimum atomic E-state index is -0.0242. The summed E-state index contributed by atoms with van der Waals surface area (Å²) in [6.07, 6.45) is 2.44. The number of imidazole rings is 1. The summed E-state index contributed by atoms with van der Waals surface area (Å²) in [5, 5.41) is 3.08. The lowest BCUT2D eigenvalue weighted by atomic mass is 10.0. The van der Waals surface area contributed by atoms with Crippen molar-refractivity contribution in [3.05, 3.63) is 47.0 Å². The fourth-order valence-corrected chi connectivity index (χ4v) is 3.39. The number of aromatic nitrogens is 3. The van der Waals surface area contributed by atoms with Crippen molar-refractivity contribution in [1.29, 1.82) is 0 Å². The third-order valence-electron chi connectivity index (χ3n) is 4.68. The largest absolute Gasteiger partial charge is 0.497 e. The predicted molar refractivity (Wildman–Crippen MR) is 100 cm³/mol. The van der Waals surface area contributed by atoms with Gasteiger partial charge in [-0.25, -0.2) is 4.98 Å². The molecule has 128 valence electrons. The molecule has 0 bridgehead atoms. The molecule has 0 fully saturated rings. The SMILES string of the molecule is COc1ccc2cc3c(cc2c1)c1ncn(C)c1c(=O)n3CCCN. The number of methoxy groups -OCH3 is 1. The number of fused-ring (bicyclic) bond motifs is 4. The highest BCUT2D eigenvalue weighted by Crippen LogP contribution is 2.29. The van der Waals surface area contributed by atoms with Crippen molar-refractivity contribution in [3.8, 4) is 5.75 Å². The van der Waals surface area contributed by atoms with Gasteiger partial charge in [0.1, 0.15) is 16.8 Å². The smallest absolute Gasteiger partial charge is 0.277 e. The van der Waals surface area contributed by atoms with Gasteiger partial charge >= 0.3 is 0 Å². The maximum atomic E-state index is 13.0. The van der Waals surface area contributed by atoms with Gasteiger partial charge in [-0.15, -0.1) is 0 Å². The third kappa shape index (κ3) is 2.37. The molecule has 25 heavy (non-hydrogen) atoms. The van der Waals surface area contributed by atoms with Gasteiger partial charge in [-0.2, -0.15) is 0 Å². The number of hydrogen-bond donors (Lipinski definition) is 1. The Kier molecular flexibility index (Phi) is 3.69. The van der Waals surface area contributed by atoms with Crippen molar-refractivity contribution in [3.63, 3.8) is 0 Å². The first-order chi connectivity index (χ1) is 12.1. The van der Waals surface area contributed by atoms with Gasteiger partial charge < -0.3 is 19.6 Å². The number of ether oxygens (including phenoxy) is 1. The molecule has 0 aliphatic heterocycles. The molecule has 0 amide bonds. The maximum Gasteiger partial charge on any atom is 0.277 e. The van der Waals surface area contributed by atoms with Gasteiger partial charge in [0.15, 0.2) is 0 Å². The van der Waals surface area contributed by atoms with E-state index in [0.29, 0.717) is 18.6 Å². The molecular formula is C19H20N4O2. The summed E-state index contributed by atoms with van der Waals surface area (Å²) >= 11 is 0. The first-order valence-electron chi connectivity index (χ1n) is 8.29. The number of pyridine rings is 1. The maximum absolute atomic E-state index is 13.0. The molecule has 0 aliphatic carbocycles. The van der Waals surface area contributed by atoms with Crippen molar-refractivity contribution in [2.24, 2.45) is 12.8 Å². The highest BCUT2D eigenvalue weighted by atomic mass is 16.5. The van der Waals surface area contributed by atoms with Crippen LogP contribution in [0.15, 0.2) is 41.5 Å². The summed E-state index contributed by atoms with van der Waals surface area (Å²) in [7, 11) is 3.50. The summed E-state index contributed by atoms with van der Waals surface area (Å²) in [5.41, 5.74) is 7.89. The molecule has 0 radical (unpaired) electrons. The lowest BCUT2D eigenvalue weighted by Crippen LogP contribution is -2.23. The lowest BCUT2D eigenvalue weighted by Gasteiger charge is -2.13. The topological polar surface area (TPSA) is 75.1 Å². The van der Waals surface area contributed by atoms with Crippen LogP contribution in [0, 0.1) is 0 Å². The predicted octanol–water partition coefficient (Wildman–Crippen LogP) is 2.40. The number of hydrogen-bond acceptors (Lipinski definition) is 4. The average molecular weight is 336 g/mol. The van der Waals surface area contributed by atoms with E-state index >= 15 is 0 Å². The second kappa shape index (κ2) is 5.89. The Morgan fingerprint density at radius 3 is 2.80 bits per heavy atom. The Hall–Kier alpha value is -2.86. The van der Waals surface area contributed by atoms with Crippen LogP contribution in [0.4, 0.5) is 0 Å². The third-order valence-corrected chi connectivity index (χ3v) is 4.68. The summed E-state index contributed by atoms with van der Waals surface area (Å²) in [6, 6.07) is 10.1. The Balaban J connectivity index is 2.16. The van der Waals surface area contributed by atoms with Crippen LogP contribution in [-0.2, 0) is 13.6 Å². The molecule has 0 atom stereocenters. The van der Waals surface area contributed by atoms with E-state index in [1.54, 1.807) is 18.0 Å². The molecule has 0 saturated heterocycles. The fraction of sp³-hybridized carbons (Fsp3) is 0.263. The molecule has 0 unspecified atom stereocenters. The van der Waals surface area contributed by atoms with E-state index in [4.69, 9.17) is 10.5 Å². The first-order valence-corrected chi connectivity index (χ1v) is 8.29. The summed E-state index contributed by atoms with van der Waals surface area (Å²) in [6.45, 7) is 1.14. The zero-order valence-electron chi connectivity index (χ0n) is 14.3. The number of nitrogens with zero attached hydrogens (tertiary/aromatic N) is 3. The van der Waals surface area contributed by atoms with Crippen LogP contribution in [-0.4, -0.2) is 27.8 Å². The van der Waals surface area contributed by atoms with Gasteiger partial charge in [0.05, 0.1) is 19.0 Å². The Morgan fingerprint density at radius 2 is 2.04 bits per heavy atom. The van der Waals surface area contributed by atoms with Crippen LogP contribution in [0.3, 0.4) is 0 Å². The van der Waals surface area contributed by atoms with E-state index in [2.05, 4.69) is 17.1 Å². The molecule has 6 heteroatoms. The monoisotopic (exact) mass is 336 g/mol. The fourth-order valence-electron chi connectivity index (χ4n) is 3.39. The lowest BCUT2D eigenvalue weighted by molar-refractivity contribution is 0.415. The number of nitrogens with two attached hydrogens (primary N) is 1. The van der Waals surface area contributed by atoms with Crippen molar-refractivity contribution in [1.82, 2.24) is 14.1 Å². The first kappa shape index (κ1) is 15.7. The highest BCUT2D eigenvalue weighted by Gasteiger charge is 2.15. The minimum absolute atomic E-state index is 0.0242. The second-order valence-corrected chi connectivity index (χ2v) is 6.23. The van der Waals surface area contributed by atoms with Crippen molar-refractivity contribution >= 4 is 32.7 Å². The van der Waals surface area contributed by atoms with Crippen LogP contribution in [0.1, 0.15) is 6.42 Å². The van der Waals surface area contributed by atoms with Gasteiger partial charge in [0.2, 0.25) is 0 Å². The highest BCUT2D eigenvalue weighted by molar-refractivity contribution is 6.08. The molecule has 2 heterocycles. The average Bonchev–Trinajstić information content (AvgIpc) is 3.02. The van der Waals surface area contributed by atoms with Gasteiger partial charge in [-0.1, -0.05) is 6.07 Å². The minimum Gasteiger partial charge on any atom is -0.497 e. The molecule has 2 N–H and O–H groups in total. The van der Waals surface area contributed by atoms with Crippen molar-refractivity contribution < 1.29 is 4.74 Å². The van der Waals surface area contributed by atoms with Gasteiger partial charge in [0, 0.05) is 19.0 Å². The zero-order chi connectivity index (χ0) is 17.6. The molecule has 2 aromatic carbocycles.